The van der Waals surface area contributed by atoms with Crippen LogP contribution in [0, 0.1) is 6.92 Å². The first-order valence-electron chi connectivity index (χ1n) is 8.51. The molecule has 0 bridgehead atoms. The first-order chi connectivity index (χ1) is 11.7. The van der Waals surface area contributed by atoms with Crippen LogP contribution in [-0.4, -0.2) is 29.7 Å². The van der Waals surface area contributed by atoms with Crippen molar-refractivity contribution in [3.63, 3.8) is 0 Å². The molecule has 128 valence electrons. The van der Waals surface area contributed by atoms with E-state index < -0.39 is 0 Å². The fraction of sp³-hybridized carbons (Fsp3) is 0.500. The second-order valence-electron chi connectivity index (χ2n) is 6.37. The Morgan fingerprint density at radius 1 is 1.21 bits per heavy atom. The maximum absolute atomic E-state index is 5.12. The molecule has 0 unspecified atom stereocenters. The average molecular weight is 327 g/mol. The van der Waals surface area contributed by atoms with Gasteiger partial charge in [-0.2, -0.15) is 4.98 Å². The van der Waals surface area contributed by atoms with Gasteiger partial charge < -0.3 is 15.2 Å². The molecule has 0 atom stereocenters. The van der Waals surface area contributed by atoms with Gasteiger partial charge in [-0.3, -0.25) is 4.99 Å². The monoisotopic (exact) mass is 327 g/mol. The van der Waals surface area contributed by atoms with Gasteiger partial charge in [-0.1, -0.05) is 48.3 Å². The van der Waals surface area contributed by atoms with Gasteiger partial charge in [-0.25, -0.2) is 0 Å². The van der Waals surface area contributed by atoms with Gasteiger partial charge in [0.25, 0.3) is 0 Å². The molecule has 2 N–H and O–H groups in total. The van der Waals surface area contributed by atoms with Crippen molar-refractivity contribution >= 4 is 5.96 Å². The van der Waals surface area contributed by atoms with E-state index in [4.69, 9.17) is 4.52 Å². The topological polar surface area (TPSA) is 75.3 Å². The quantitative estimate of drug-likeness (QED) is 0.652. The third-order valence-electron chi connectivity index (χ3n) is 4.74. The number of hydrogen-bond acceptors (Lipinski definition) is 4. The molecule has 0 saturated heterocycles. The Morgan fingerprint density at radius 3 is 2.58 bits per heavy atom. The second-order valence-corrected chi connectivity index (χ2v) is 6.37. The van der Waals surface area contributed by atoms with Crippen LogP contribution < -0.4 is 10.6 Å². The number of nitrogens with one attached hydrogen (secondary N) is 2. The summed E-state index contributed by atoms with van der Waals surface area (Å²) in [6, 6.07) is 10.8. The van der Waals surface area contributed by atoms with E-state index in [1.165, 1.54) is 31.2 Å². The summed E-state index contributed by atoms with van der Waals surface area (Å²) in [5, 5.41) is 10.5. The fourth-order valence-electron chi connectivity index (χ4n) is 3.46. The van der Waals surface area contributed by atoms with E-state index >= 15 is 0 Å². The summed E-state index contributed by atoms with van der Waals surface area (Å²) < 4.78 is 5.12. The Balaban J connectivity index is 1.61. The van der Waals surface area contributed by atoms with Crippen LogP contribution in [-0.2, 0) is 12.0 Å². The van der Waals surface area contributed by atoms with Crippen molar-refractivity contribution in [2.24, 2.45) is 4.99 Å². The zero-order valence-corrected chi connectivity index (χ0v) is 14.4. The zero-order valence-electron chi connectivity index (χ0n) is 14.4. The molecule has 0 spiro atoms. The molecule has 1 aromatic carbocycles. The predicted molar refractivity (Wildman–Crippen MR) is 93.8 cm³/mol. The van der Waals surface area contributed by atoms with Gasteiger partial charge in [0, 0.05) is 19.0 Å². The highest BCUT2D eigenvalue weighted by molar-refractivity contribution is 5.79. The van der Waals surface area contributed by atoms with Crippen LogP contribution in [0.15, 0.2) is 39.8 Å². The van der Waals surface area contributed by atoms with Gasteiger partial charge in [0.15, 0.2) is 11.8 Å². The van der Waals surface area contributed by atoms with Crippen molar-refractivity contribution in [2.45, 2.75) is 44.6 Å². The Kier molecular flexibility index (Phi) is 5.13. The first kappa shape index (κ1) is 16.5. The summed E-state index contributed by atoms with van der Waals surface area (Å²) in [5.74, 6) is 1.96. The van der Waals surface area contributed by atoms with Crippen LogP contribution in [0.2, 0.25) is 0 Å². The van der Waals surface area contributed by atoms with Crippen LogP contribution in [0.25, 0.3) is 0 Å². The van der Waals surface area contributed by atoms with E-state index in [1.807, 2.05) is 6.92 Å². The van der Waals surface area contributed by atoms with Crippen molar-refractivity contribution < 1.29 is 4.52 Å². The van der Waals surface area contributed by atoms with E-state index in [0.717, 1.165) is 12.5 Å². The number of hydrogen-bond donors (Lipinski definition) is 2. The van der Waals surface area contributed by atoms with Gasteiger partial charge >= 0.3 is 0 Å². The lowest BCUT2D eigenvalue weighted by Gasteiger charge is -2.30. The highest BCUT2D eigenvalue weighted by Gasteiger charge is 2.35. The molecule has 0 aliphatic heterocycles. The molecule has 6 nitrogen and oxygen atoms in total. The van der Waals surface area contributed by atoms with Gasteiger partial charge in [0.1, 0.15) is 0 Å². The van der Waals surface area contributed by atoms with E-state index in [-0.39, 0.29) is 5.41 Å². The number of aryl methyl sites for hydroxylation is 1. The highest BCUT2D eigenvalue weighted by Crippen LogP contribution is 2.40. The molecule has 24 heavy (non-hydrogen) atoms. The molecule has 6 heteroatoms. The fourth-order valence-corrected chi connectivity index (χ4v) is 3.46. The lowest BCUT2D eigenvalue weighted by atomic mass is 9.79. The van der Waals surface area contributed by atoms with Gasteiger partial charge in [-0.15, -0.1) is 0 Å². The molecule has 3 rings (SSSR count). The van der Waals surface area contributed by atoms with Crippen LogP contribution in [0.5, 0.6) is 0 Å². The second kappa shape index (κ2) is 7.47. The molecule has 1 aliphatic carbocycles. The molecule has 1 fully saturated rings. The van der Waals surface area contributed by atoms with Gasteiger partial charge in [0.2, 0.25) is 5.89 Å². The van der Waals surface area contributed by atoms with Crippen LogP contribution >= 0.6 is 0 Å². The highest BCUT2D eigenvalue weighted by atomic mass is 16.5. The summed E-state index contributed by atoms with van der Waals surface area (Å²) in [6.45, 7) is 3.15. The molecule has 1 saturated carbocycles. The van der Waals surface area contributed by atoms with E-state index in [9.17, 15) is 0 Å². The maximum atomic E-state index is 5.12. The number of aliphatic imine (C=N–C) groups is 1. The predicted octanol–water partition coefficient (Wildman–Crippen LogP) is 2.56. The van der Waals surface area contributed by atoms with Crippen molar-refractivity contribution in [2.75, 3.05) is 13.6 Å². The summed E-state index contributed by atoms with van der Waals surface area (Å²) in [6.07, 6.45) is 4.99. The Hall–Kier alpha value is -2.37. The molecule has 1 aliphatic rings. The number of aromatic nitrogens is 2. The smallest absolute Gasteiger partial charge is 0.246 e. The van der Waals surface area contributed by atoms with Crippen LogP contribution in [0.4, 0.5) is 0 Å². The van der Waals surface area contributed by atoms with Crippen molar-refractivity contribution in [3.8, 4) is 0 Å². The third kappa shape index (κ3) is 3.75. The maximum Gasteiger partial charge on any atom is 0.246 e. The lowest BCUT2D eigenvalue weighted by Crippen LogP contribution is -2.44. The van der Waals surface area contributed by atoms with E-state index in [2.05, 4.69) is 56.1 Å². The zero-order chi connectivity index (χ0) is 16.8. The summed E-state index contributed by atoms with van der Waals surface area (Å²) in [4.78, 5) is 8.49. The van der Waals surface area contributed by atoms with Crippen molar-refractivity contribution in [1.82, 2.24) is 20.8 Å². The number of benzene rings is 1. The first-order valence-corrected chi connectivity index (χ1v) is 8.51. The SMILES string of the molecule is CN=C(NCc1nc(C)no1)NCC1(c2ccccc2)CCCC1. The minimum absolute atomic E-state index is 0.194. The normalized spacial score (nSPS) is 17.0. The number of nitrogens with zero attached hydrogens (tertiary/aromatic N) is 3. The molecular weight excluding hydrogens is 302 g/mol. The van der Waals surface area contributed by atoms with Gasteiger partial charge in [-0.05, 0) is 25.3 Å². The van der Waals surface area contributed by atoms with Crippen LogP contribution in [0.3, 0.4) is 0 Å². The minimum atomic E-state index is 0.194. The molecule has 2 aromatic rings. The largest absolute Gasteiger partial charge is 0.356 e. The molecule has 1 heterocycles. The molecule has 0 radical (unpaired) electrons. The number of rotatable bonds is 5. The molecular formula is C18H25N5O. The third-order valence-corrected chi connectivity index (χ3v) is 4.74. The Labute approximate surface area is 142 Å². The average Bonchev–Trinajstić information content (AvgIpc) is 3.26. The van der Waals surface area contributed by atoms with E-state index in [1.54, 1.807) is 7.05 Å². The summed E-state index contributed by atoms with van der Waals surface area (Å²) in [7, 11) is 1.78. The van der Waals surface area contributed by atoms with E-state index in [0.29, 0.717) is 18.3 Å². The minimum Gasteiger partial charge on any atom is -0.356 e. The molecule has 1 aromatic heterocycles. The molecule has 0 amide bonds. The lowest BCUT2D eigenvalue weighted by molar-refractivity contribution is 0.370. The Bertz CT molecular complexity index is 674. The summed E-state index contributed by atoms with van der Waals surface area (Å²) >= 11 is 0. The standard InChI is InChI=1S/C18H25N5O/c1-14-22-16(24-23-14)12-20-17(19-2)21-13-18(10-6-7-11-18)15-8-4-3-5-9-15/h3-5,8-9H,6-7,10-13H2,1-2H3,(H2,19,20,21). The van der Waals surface area contributed by atoms with Crippen LogP contribution in [0.1, 0.15) is 43.0 Å². The van der Waals surface area contributed by atoms with Crippen molar-refractivity contribution in [1.29, 1.82) is 0 Å². The number of guanidine groups is 1. The summed E-state index contributed by atoms with van der Waals surface area (Å²) in [5.41, 5.74) is 1.61. The Morgan fingerprint density at radius 2 is 1.96 bits per heavy atom. The van der Waals surface area contributed by atoms with Gasteiger partial charge in [0.05, 0.1) is 6.54 Å². The van der Waals surface area contributed by atoms with Crippen molar-refractivity contribution in [3.05, 3.63) is 47.6 Å².